The SMILES string of the molecule is Nc1ccc(-c2ccc(-c3ccc(N)cn3)cc2)nc1. The highest BCUT2D eigenvalue weighted by molar-refractivity contribution is 5.67. The molecule has 1 aromatic carbocycles. The largest absolute Gasteiger partial charge is 0.397 e. The van der Waals surface area contributed by atoms with Crippen LogP contribution >= 0.6 is 0 Å². The van der Waals surface area contributed by atoms with Gasteiger partial charge >= 0.3 is 0 Å². The Morgan fingerprint density at radius 2 is 0.950 bits per heavy atom. The second-order valence-electron chi connectivity index (χ2n) is 4.53. The van der Waals surface area contributed by atoms with Gasteiger partial charge in [0.25, 0.3) is 0 Å². The summed E-state index contributed by atoms with van der Waals surface area (Å²) in [4.78, 5) is 8.61. The van der Waals surface area contributed by atoms with Crippen molar-refractivity contribution in [3.8, 4) is 22.5 Å². The Bertz CT molecular complexity index is 636. The summed E-state index contributed by atoms with van der Waals surface area (Å²) >= 11 is 0. The number of pyridine rings is 2. The van der Waals surface area contributed by atoms with Crippen LogP contribution in [0.3, 0.4) is 0 Å². The van der Waals surface area contributed by atoms with Crippen LogP contribution in [0.25, 0.3) is 22.5 Å². The summed E-state index contributed by atoms with van der Waals surface area (Å²) in [6.07, 6.45) is 3.32. The molecule has 0 unspecified atom stereocenters. The smallest absolute Gasteiger partial charge is 0.0703 e. The Labute approximate surface area is 117 Å². The maximum absolute atomic E-state index is 5.64. The van der Waals surface area contributed by atoms with E-state index in [0.29, 0.717) is 11.4 Å². The number of benzene rings is 1. The van der Waals surface area contributed by atoms with Gasteiger partial charge in [-0.25, -0.2) is 0 Å². The zero-order valence-electron chi connectivity index (χ0n) is 10.8. The number of nitrogens with zero attached hydrogens (tertiary/aromatic N) is 2. The lowest BCUT2D eigenvalue weighted by molar-refractivity contribution is 1.32. The molecule has 4 heteroatoms. The van der Waals surface area contributed by atoms with Crippen LogP contribution in [-0.4, -0.2) is 9.97 Å². The minimum Gasteiger partial charge on any atom is -0.397 e. The van der Waals surface area contributed by atoms with Crippen molar-refractivity contribution in [2.24, 2.45) is 0 Å². The number of hydrogen-bond donors (Lipinski definition) is 2. The molecule has 3 rings (SSSR count). The van der Waals surface area contributed by atoms with Crippen LogP contribution in [-0.2, 0) is 0 Å². The maximum Gasteiger partial charge on any atom is 0.0703 e. The molecule has 0 fully saturated rings. The molecule has 0 spiro atoms. The highest BCUT2D eigenvalue weighted by Gasteiger charge is 2.02. The minimum absolute atomic E-state index is 0.663. The first-order valence-electron chi connectivity index (χ1n) is 6.26. The summed E-state index contributed by atoms with van der Waals surface area (Å²) in [5.41, 5.74) is 16.5. The van der Waals surface area contributed by atoms with E-state index in [1.54, 1.807) is 12.4 Å². The van der Waals surface area contributed by atoms with Crippen LogP contribution in [0.4, 0.5) is 11.4 Å². The van der Waals surface area contributed by atoms with Crippen molar-refractivity contribution in [2.45, 2.75) is 0 Å². The van der Waals surface area contributed by atoms with Gasteiger partial charge in [0.1, 0.15) is 0 Å². The Morgan fingerprint density at radius 1 is 0.550 bits per heavy atom. The van der Waals surface area contributed by atoms with Gasteiger partial charge in [0.15, 0.2) is 0 Å². The molecule has 4 N–H and O–H groups in total. The molecule has 2 heterocycles. The fourth-order valence-electron chi connectivity index (χ4n) is 1.96. The first-order chi connectivity index (χ1) is 9.72. The van der Waals surface area contributed by atoms with Gasteiger partial charge in [-0.15, -0.1) is 0 Å². The van der Waals surface area contributed by atoms with E-state index in [2.05, 4.69) is 9.97 Å². The quantitative estimate of drug-likeness (QED) is 0.744. The maximum atomic E-state index is 5.64. The Kier molecular flexibility index (Phi) is 3.05. The van der Waals surface area contributed by atoms with Crippen molar-refractivity contribution in [1.29, 1.82) is 0 Å². The molecule has 0 aliphatic carbocycles. The molecule has 2 aromatic heterocycles. The molecule has 0 radical (unpaired) electrons. The third-order valence-corrected chi connectivity index (χ3v) is 3.05. The van der Waals surface area contributed by atoms with E-state index < -0.39 is 0 Å². The topological polar surface area (TPSA) is 77.8 Å². The Hall–Kier alpha value is -2.88. The molecule has 0 amide bonds. The molecule has 3 aromatic rings. The molecule has 4 nitrogen and oxygen atoms in total. The van der Waals surface area contributed by atoms with Crippen molar-refractivity contribution in [1.82, 2.24) is 9.97 Å². The van der Waals surface area contributed by atoms with E-state index in [0.717, 1.165) is 22.5 Å². The van der Waals surface area contributed by atoms with Gasteiger partial charge in [-0.1, -0.05) is 24.3 Å². The van der Waals surface area contributed by atoms with Gasteiger partial charge in [0.2, 0.25) is 0 Å². The van der Waals surface area contributed by atoms with Gasteiger partial charge in [-0.2, -0.15) is 0 Å². The summed E-state index contributed by atoms with van der Waals surface area (Å²) in [7, 11) is 0. The fraction of sp³-hybridized carbons (Fsp3) is 0. The summed E-state index contributed by atoms with van der Waals surface area (Å²) in [5, 5.41) is 0. The lowest BCUT2D eigenvalue weighted by Crippen LogP contribution is -1.89. The van der Waals surface area contributed by atoms with Crippen molar-refractivity contribution in [3.63, 3.8) is 0 Å². The number of nitrogens with two attached hydrogens (primary N) is 2. The highest BCUT2D eigenvalue weighted by Crippen LogP contribution is 2.23. The lowest BCUT2D eigenvalue weighted by Gasteiger charge is -2.04. The van der Waals surface area contributed by atoms with Crippen LogP contribution in [0.15, 0.2) is 60.9 Å². The first-order valence-corrected chi connectivity index (χ1v) is 6.26. The molecule has 0 aliphatic rings. The molecule has 0 saturated carbocycles. The Balaban J connectivity index is 1.91. The molecule has 0 atom stereocenters. The molecular weight excluding hydrogens is 248 g/mol. The molecule has 0 bridgehead atoms. The van der Waals surface area contributed by atoms with E-state index in [1.165, 1.54) is 0 Å². The van der Waals surface area contributed by atoms with Gasteiger partial charge < -0.3 is 11.5 Å². The van der Waals surface area contributed by atoms with Crippen molar-refractivity contribution >= 4 is 11.4 Å². The van der Waals surface area contributed by atoms with E-state index in [4.69, 9.17) is 11.5 Å². The fourth-order valence-corrected chi connectivity index (χ4v) is 1.96. The number of aromatic nitrogens is 2. The van der Waals surface area contributed by atoms with Crippen LogP contribution in [0.1, 0.15) is 0 Å². The molecule has 98 valence electrons. The van der Waals surface area contributed by atoms with Crippen molar-refractivity contribution in [2.75, 3.05) is 11.5 Å². The normalized spacial score (nSPS) is 10.4. The third kappa shape index (κ3) is 2.44. The van der Waals surface area contributed by atoms with Crippen molar-refractivity contribution in [3.05, 3.63) is 60.9 Å². The van der Waals surface area contributed by atoms with Crippen LogP contribution < -0.4 is 11.5 Å². The van der Waals surface area contributed by atoms with Gasteiger partial charge in [-0.3, -0.25) is 9.97 Å². The standard InChI is InChI=1S/C16H14N4/c17-13-5-7-15(19-9-13)11-1-2-12(4-3-11)16-8-6-14(18)10-20-16/h1-10H,17-18H2. The molecular formula is C16H14N4. The predicted octanol–water partition coefficient (Wildman–Crippen LogP) is 2.98. The third-order valence-electron chi connectivity index (χ3n) is 3.05. The zero-order valence-corrected chi connectivity index (χ0v) is 10.8. The minimum atomic E-state index is 0.663. The van der Waals surface area contributed by atoms with Gasteiger partial charge in [-0.05, 0) is 24.3 Å². The predicted molar refractivity (Wildman–Crippen MR) is 81.7 cm³/mol. The van der Waals surface area contributed by atoms with E-state index in [-0.39, 0.29) is 0 Å². The van der Waals surface area contributed by atoms with Crippen LogP contribution in [0, 0.1) is 0 Å². The van der Waals surface area contributed by atoms with Gasteiger partial charge in [0.05, 0.1) is 35.2 Å². The average molecular weight is 262 g/mol. The lowest BCUT2D eigenvalue weighted by atomic mass is 10.1. The number of rotatable bonds is 2. The zero-order chi connectivity index (χ0) is 13.9. The van der Waals surface area contributed by atoms with Crippen molar-refractivity contribution < 1.29 is 0 Å². The summed E-state index contributed by atoms with van der Waals surface area (Å²) < 4.78 is 0. The number of anilines is 2. The van der Waals surface area contributed by atoms with E-state index in [1.807, 2.05) is 48.5 Å². The monoisotopic (exact) mass is 262 g/mol. The summed E-state index contributed by atoms with van der Waals surface area (Å²) in [6.45, 7) is 0. The van der Waals surface area contributed by atoms with E-state index in [9.17, 15) is 0 Å². The average Bonchev–Trinajstić information content (AvgIpc) is 2.49. The Morgan fingerprint density at radius 3 is 1.25 bits per heavy atom. The van der Waals surface area contributed by atoms with Crippen LogP contribution in [0.5, 0.6) is 0 Å². The number of hydrogen-bond acceptors (Lipinski definition) is 4. The van der Waals surface area contributed by atoms with Crippen LogP contribution in [0.2, 0.25) is 0 Å². The molecule has 0 aliphatic heterocycles. The summed E-state index contributed by atoms with van der Waals surface area (Å²) in [6, 6.07) is 15.6. The molecule has 20 heavy (non-hydrogen) atoms. The number of nitrogen functional groups attached to an aromatic ring is 2. The summed E-state index contributed by atoms with van der Waals surface area (Å²) in [5.74, 6) is 0. The molecule has 0 saturated heterocycles. The van der Waals surface area contributed by atoms with E-state index >= 15 is 0 Å². The highest BCUT2D eigenvalue weighted by atomic mass is 14.7. The van der Waals surface area contributed by atoms with Gasteiger partial charge in [0, 0.05) is 11.1 Å². The second-order valence-corrected chi connectivity index (χ2v) is 4.53. The second kappa shape index (κ2) is 5.01. The first kappa shape index (κ1) is 12.2.